The number of benzene rings is 1. The number of phenols is 1. The zero-order valence-corrected chi connectivity index (χ0v) is 13.2. The van der Waals surface area contributed by atoms with Gasteiger partial charge in [0, 0.05) is 11.6 Å². The summed E-state index contributed by atoms with van der Waals surface area (Å²) in [5, 5.41) is 29.6. The molecule has 2 rings (SSSR count). The van der Waals surface area contributed by atoms with Crippen molar-refractivity contribution < 1.29 is 19.6 Å². The minimum absolute atomic E-state index is 0.143. The summed E-state index contributed by atoms with van der Waals surface area (Å²) in [4.78, 5) is 46.0. The van der Waals surface area contributed by atoms with E-state index in [0.717, 1.165) is 12.3 Å². The van der Waals surface area contributed by atoms with E-state index < -0.39 is 39.9 Å². The van der Waals surface area contributed by atoms with E-state index in [0.29, 0.717) is 0 Å². The van der Waals surface area contributed by atoms with Gasteiger partial charge in [0.2, 0.25) is 11.7 Å². The molecule has 0 aliphatic rings. The Hall–Kier alpha value is -4.03. The third-order valence-corrected chi connectivity index (χ3v) is 3.01. The van der Waals surface area contributed by atoms with Crippen LogP contribution in [-0.4, -0.2) is 44.4 Å². The molecule has 13 heteroatoms. The van der Waals surface area contributed by atoms with E-state index in [1.807, 2.05) is 10.1 Å². The molecule has 4 N–H and O–H groups in total. The Kier molecular flexibility index (Phi) is 5.42. The fraction of sp³-hybridized carbons (Fsp3) is 0.154. The summed E-state index contributed by atoms with van der Waals surface area (Å²) in [7, 11) is 1.22. The van der Waals surface area contributed by atoms with Gasteiger partial charge >= 0.3 is 11.4 Å². The Morgan fingerprint density at radius 1 is 1.50 bits per heavy atom. The van der Waals surface area contributed by atoms with Crippen molar-refractivity contribution in [2.45, 2.75) is 6.42 Å². The lowest BCUT2D eigenvalue weighted by Gasteiger charge is -2.05. The van der Waals surface area contributed by atoms with Crippen molar-refractivity contribution >= 4 is 17.8 Å². The Labute approximate surface area is 143 Å². The number of hydrazone groups is 1. The molecule has 0 aliphatic carbocycles. The third kappa shape index (κ3) is 4.28. The average molecular weight is 364 g/mol. The predicted octanol–water partition coefficient (Wildman–Crippen LogP) is -1.23. The van der Waals surface area contributed by atoms with Crippen molar-refractivity contribution in [3.63, 3.8) is 0 Å². The van der Waals surface area contributed by atoms with Crippen molar-refractivity contribution in [3.8, 4) is 11.5 Å². The molecule has 13 nitrogen and oxygen atoms in total. The van der Waals surface area contributed by atoms with Gasteiger partial charge in [-0.25, -0.2) is 15.3 Å². The first-order valence-corrected chi connectivity index (χ1v) is 6.87. The molecule has 0 spiro atoms. The van der Waals surface area contributed by atoms with Crippen LogP contribution in [0.4, 0.5) is 5.69 Å². The molecule has 2 aromatic rings. The van der Waals surface area contributed by atoms with Gasteiger partial charge in [-0.2, -0.15) is 10.2 Å². The molecule has 1 amide bonds. The monoisotopic (exact) mass is 364 g/mol. The molecule has 0 fully saturated rings. The van der Waals surface area contributed by atoms with Crippen LogP contribution in [-0.2, 0) is 11.2 Å². The summed E-state index contributed by atoms with van der Waals surface area (Å²) in [6.45, 7) is 0. The standard InChI is InChI=1S/C13H12N6O7/c1-26-9-3-6(2-8(11(9)21)19(24)25)5-14-17-10(20)4-7-12(22)15-13(23)18-16-7/h2-3,5,21H,4H2,1H3,(H,17,20)(H2,15,18,22,23). The van der Waals surface area contributed by atoms with E-state index in [2.05, 4.69) is 15.6 Å². The zero-order chi connectivity index (χ0) is 19.3. The molecule has 0 unspecified atom stereocenters. The van der Waals surface area contributed by atoms with Crippen LogP contribution in [0.25, 0.3) is 0 Å². The van der Waals surface area contributed by atoms with Gasteiger partial charge < -0.3 is 9.84 Å². The Morgan fingerprint density at radius 3 is 2.85 bits per heavy atom. The second-order valence-electron chi connectivity index (χ2n) is 4.77. The number of carbonyl (C=O) groups is 1. The molecule has 0 radical (unpaired) electrons. The molecule has 1 heterocycles. The molecule has 0 bridgehead atoms. The topological polar surface area (TPSA) is 193 Å². The van der Waals surface area contributed by atoms with Crippen molar-refractivity contribution in [3.05, 3.63) is 54.3 Å². The Balaban J connectivity index is 2.11. The highest BCUT2D eigenvalue weighted by Gasteiger charge is 2.19. The smallest absolute Gasteiger partial charge is 0.342 e. The lowest BCUT2D eigenvalue weighted by atomic mass is 10.2. The number of amides is 1. The second-order valence-corrected chi connectivity index (χ2v) is 4.77. The summed E-state index contributed by atoms with van der Waals surface area (Å²) in [5.74, 6) is -1.50. The number of hydrogen-bond acceptors (Lipinski definition) is 9. The van der Waals surface area contributed by atoms with Gasteiger partial charge in [0.05, 0.1) is 24.7 Å². The van der Waals surface area contributed by atoms with Crippen LogP contribution < -0.4 is 21.4 Å². The summed E-state index contributed by atoms with van der Waals surface area (Å²) in [6.07, 6.45) is 0.625. The van der Waals surface area contributed by atoms with E-state index in [1.54, 1.807) is 0 Å². The number of carbonyl (C=O) groups excluding carboxylic acids is 1. The average Bonchev–Trinajstić information content (AvgIpc) is 2.58. The van der Waals surface area contributed by atoms with E-state index in [1.165, 1.54) is 13.2 Å². The minimum atomic E-state index is -0.813. The largest absolute Gasteiger partial charge is 0.500 e. The van der Waals surface area contributed by atoms with E-state index >= 15 is 0 Å². The highest BCUT2D eigenvalue weighted by molar-refractivity contribution is 5.85. The fourth-order valence-electron chi connectivity index (χ4n) is 1.85. The van der Waals surface area contributed by atoms with Gasteiger partial charge in [0.15, 0.2) is 5.75 Å². The second kappa shape index (κ2) is 7.69. The first-order chi connectivity index (χ1) is 12.3. The van der Waals surface area contributed by atoms with Crippen molar-refractivity contribution in [2.75, 3.05) is 7.11 Å². The molecule has 1 aromatic heterocycles. The van der Waals surface area contributed by atoms with Crippen LogP contribution in [0.1, 0.15) is 11.3 Å². The van der Waals surface area contributed by atoms with Crippen LogP contribution in [0.3, 0.4) is 0 Å². The fourth-order valence-corrected chi connectivity index (χ4v) is 1.85. The number of nitro benzene ring substituents is 1. The normalized spacial score (nSPS) is 10.7. The zero-order valence-electron chi connectivity index (χ0n) is 13.2. The van der Waals surface area contributed by atoms with Crippen LogP contribution in [0.2, 0.25) is 0 Å². The molecule has 0 saturated carbocycles. The number of nitrogens with zero attached hydrogens (tertiary/aromatic N) is 3. The van der Waals surface area contributed by atoms with Crippen molar-refractivity contribution in [1.82, 2.24) is 20.6 Å². The van der Waals surface area contributed by atoms with E-state index in [-0.39, 0.29) is 17.0 Å². The van der Waals surface area contributed by atoms with E-state index in [4.69, 9.17) is 4.74 Å². The molecule has 0 saturated heterocycles. The minimum Gasteiger partial charge on any atom is -0.500 e. The number of nitro groups is 1. The summed E-state index contributed by atoms with van der Waals surface area (Å²) in [5.41, 5.74) is -0.170. The molecule has 0 aliphatic heterocycles. The molecule has 1 aromatic carbocycles. The van der Waals surface area contributed by atoms with Crippen molar-refractivity contribution in [1.29, 1.82) is 0 Å². The third-order valence-electron chi connectivity index (χ3n) is 3.01. The molecular formula is C13H12N6O7. The number of H-pyrrole nitrogens is 2. The van der Waals surface area contributed by atoms with Gasteiger partial charge in [-0.3, -0.25) is 24.7 Å². The summed E-state index contributed by atoms with van der Waals surface area (Å²) in [6, 6.07) is 2.30. The number of hydrogen-bond donors (Lipinski definition) is 4. The van der Waals surface area contributed by atoms with Gasteiger partial charge in [-0.15, -0.1) is 0 Å². The first kappa shape index (κ1) is 18.3. The van der Waals surface area contributed by atoms with Crippen LogP contribution in [0.5, 0.6) is 11.5 Å². The van der Waals surface area contributed by atoms with E-state index in [9.17, 15) is 29.6 Å². The molecule has 136 valence electrons. The van der Waals surface area contributed by atoms with Crippen LogP contribution in [0, 0.1) is 10.1 Å². The van der Waals surface area contributed by atoms with Gasteiger partial charge in [-0.05, 0) is 6.07 Å². The number of nitrogens with one attached hydrogen (secondary N) is 3. The Bertz CT molecular complexity index is 993. The number of ether oxygens (including phenoxy) is 1. The lowest BCUT2D eigenvalue weighted by molar-refractivity contribution is -0.386. The van der Waals surface area contributed by atoms with Crippen molar-refractivity contribution in [2.24, 2.45) is 5.10 Å². The highest BCUT2D eigenvalue weighted by atomic mass is 16.6. The van der Waals surface area contributed by atoms with Gasteiger partial charge in [0.1, 0.15) is 5.69 Å². The van der Waals surface area contributed by atoms with Crippen LogP contribution >= 0.6 is 0 Å². The summed E-state index contributed by atoms with van der Waals surface area (Å²) >= 11 is 0. The molecular weight excluding hydrogens is 352 g/mol. The number of phenolic OH excluding ortho intramolecular Hbond substituents is 1. The molecule has 0 atom stereocenters. The highest BCUT2D eigenvalue weighted by Crippen LogP contribution is 2.36. The predicted molar refractivity (Wildman–Crippen MR) is 86.2 cm³/mol. The summed E-state index contributed by atoms with van der Waals surface area (Å²) < 4.78 is 4.83. The molecule has 26 heavy (non-hydrogen) atoms. The quantitative estimate of drug-likeness (QED) is 0.278. The number of aromatic hydroxyl groups is 1. The van der Waals surface area contributed by atoms with Gasteiger partial charge in [-0.1, -0.05) is 0 Å². The maximum Gasteiger partial charge on any atom is 0.342 e. The maximum atomic E-state index is 11.7. The first-order valence-electron chi connectivity index (χ1n) is 6.87. The Morgan fingerprint density at radius 2 is 2.23 bits per heavy atom. The van der Waals surface area contributed by atoms with Crippen LogP contribution in [0.15, 0.2) is 26.8 Å². The number of rotatable bonds is 6. The number of aromatic amines is 2. The number of methoxy groups -OCH3 is 1. The SMILES string of the molecule is COc1cc(C=NNC(=O)Cc2n[nH]c(=O)[nH]c2=O)cc([N+](=O)[O-])c1O. The van der Waals surface area contributed by atoms with Gasteiger partial charge in [0.25, 0.3) is 5.56 Å². The maximum absolute atomic E-state index is 11.7. The lowest BCUT2D eigenvalue weighted by Crippen LogP contribution is -2.31. The number of aromatic nitrogens is 3.